The van der Waals surface area contributed by atoms with Crippen LogP contribution < -0.4 is 5.32 Å². The molecule has 2 aromatic carbocycles. The van der Waals surface area contributed by atoms with Gasteiger partial charge < -0.3 is 19.9 Å². The molecule has 0 saturated carbocycles. The minimum absolute atomic E-state index is 0.115. The Morgan fingerprint density at radius 1 is 1.11 bits per heavy atom. The first-order chi connectivity index (χ1) is 17.4. The van der Waals surface area contributed by atoms with E-state index in [0.29, 0.717) is 5.57 Å². The first-order valence-electron chi connectivity index (χ1n) is 11.9. The molecule has 2 N–H and O–H groups in total. The maximum absolute atomic E-state index is 13.9. The standard InChI is InChI=1S/C28H29Cl2N3O4/c1-15-13-22(34)33(25(26(35)32-28(2,3)4)23-18(29)10-8-11-19(23)30)21(27(36)37-5)14-17-16-9-6-7-12-20(16)31-24(15)17/h6-13,21,25,31H,14H2,1-5H3,(H,32,35)/b15-13-/t21-,25+/m0/s1. The smallest absolute Gasteiger partial charge is 0.328 e. The van der Waals surface area contributed by atoms with E-state index in [1.807, 2.05) is 52.0 Å². The van der Waals surface area contributed by atoms with Crippen LogP contribution in [0.4, 0.5) is 0 Å². The Bertz CT molecular complexity index is 1400. The Morgan fingerprint density at radius 2 is 1.76 bits per heavy atom. The second kappa shape index (κ2) is 10.2. The van der Waals surface area contributed by atoms with Crippen molar-refractivity contribution in [2.45, 2.75) is 51.7 Å². The molecule has 0 saturated heterocycles. The van der Waals surface area contributed by atoms with Gasteiger partial charge in [-0.15, -0.1) is 0 Å². The number of aromatic amines is 1. The zero-order chi connectivity index (χ0) is 27.1. The highest BCUT2D eigenvalue weighted by atomic mass is 35.5. The number of hydrogen-bond acceptors (Lipinski definition) is 4. The van der Waals surface area contributed by atoms with Crippen molar-refractivity contribution in [1.82, 2.24) is 15.2 Å². The molecule has 194 valence electrons. The van der Waals surface area contributed by atoms with Crippen molar-refractivity contribution < 1.29 is 19.1 Å². The average Bonchev–Trinajstić information content (AvgIpc) is 3.18. The van der Waals surface area contributed by atoms with Crippen molar-refractivity contribution in [2.75, 3.05) is 7.11 Å². The molecule has 2 heterocycles. The lowest BCUT2D eigenvalue weighted by Gasteiger charge is -2.38. The first kappa shape index (κ1) is 26.8. The number of aromatic nitrogens is 1. The topological polar surface area (TPSA) is 91.5 Å². The molecule has 0 fully saturated rings. The lowest BCUT2D eigenvalue weighted by Crippen LogP contribution is -2.55. The van der Waals surface area contributed by atoms with E-state index in [2.05, 4.69) is 10.3 Å². The van der Waals surface area contributed by atoms with Gasteiger partial charge in [-0.2, -0.15) is 0 Å². The zero-order valence-electron chi connectivity index (χ0n) is 21.3. The van der Waals surface area contributed by atoms with Crippen molar-refractivity contribution in [3.8, 4) is 0 Å². The number of carbonyl (C=O) groups excluding carboxylic acids is 3. The molecule has 0 bridgehead atoms. The third-order valence-corrected chi connectivity index (χ3v) is 6.97. The zero-order valence-corrected chi connectivity index (χ0v) is 22.8. The summed E-state index contributed by atoms with van der Waals surface area (Å²) in [5.41, 5.74) is 2.75. The van der Waals surface area contributed by atoms with E-state index in [1.165, 1.54) is 18.1 Å². The summed E-state index contributed by atoms with van der Waals surface area (Å²) in [5, 5.41) is 4.25. The van der Waals surface area contributed by atoms with Crippen LogP contribution in [0.2, 0.25) is 10.0 Å². The van der Waals surface area contributed by atoms with Crippen molar-refractivity contribution in [3.63, 3.8) is 0 Å². The van der Waals surface area contributed by atoms with Crippen LogP contribution in [0.25, 0.3) is 16.5 Å². The molecule has 0 radical (unpaired) electrons. The summed E-state index contributed by atoms with van der Waals surface area (Å²) in [6.07, 6.45) is 1.54. The van der Waals surface area contributed by atoms with Crippen molar-refractivity contribution in [1.29, 1.82) is 0 Å². The van der Waals surface area contributed by atoms with Crippen molar-refractivity contribution in [2.24, 2.45) is 0 Å². The van der Waals surface area contributed by atoms with Crippen LogP contribution >= 0.6 is 23.2 Å². The van der Waals surface area contributed by atoms with Gasteiger partial charge in [-0.25, -0.2) is 4.79 Å². The molecule has 0 aliphatic carbocycles. The van der Waals surface area contributed by atoms with Gasteiger partial charge in [0, 0.05) is 50.2 Å². The number of esters is 1. The molecule has 3 aromatic rings. The van der Waals surface area contributed by atoms with Crippen molar-refractivity contribution in [3.05, 3.63) is 75.4 Å². The summed E-state index contributed by atoms with van der Waals surface area (Å²) in [7, 11) is 1.26. The third-order valence-electron chi connectivity index (χ3n) is 6.31. The molecule has 1 aliphatic heterocycles. The van der Waals surface area contributed by atoms with E-state index < -0.39 is 35.4 Å². The van der Waals surface area contributed by atoms with E-state index in [1.54, 1.807) is 18.2 Å². The molecule has 9 heteroatoms. The van der Waals surface area contributed by atoms with Crippen LogP contribution in [-0.4, -0.2) is 46.4 Å². The Labute approximate surface area is 225 Å². The van der Waals surface area contributed by atoms with Crippen LogP contribution in [-0.2, 0) is 25.5 Å². The van der Waals surface area contributed by atoms with Gasteiger partial charge in [0.2, 0.25) is 11.8 Å². The molecule has 2 atom stereocenters. The molecule has 2 amide bonds. The summed E-state index contributed by atoms with van der Waals surface area (Å²) >= 11 is 13.1. The molecule has 1 aromatic heterocycles. The summed E-state index contributed by atoms with van der Waals surface area (Å²) < 4.78 is 5.16. The minimum Gasteiger partial charge on any atom is -0.467 e. The van der Waals surface area contributed by atoms with Gasteiger partial charge in [0.15, 0.2) is 0 Å². The number of carbonyl (C=O) groups is 3. The fraction of sp³-hybridized carbons (Fsp3) is 0.321. The Kier molecular flexibility index (Phi) is 7.40. The Hall–Kier alpha value is -3.29. The third kappa shape index (κ3) is 5.24. The summed E-state index contributed by atoms with van der Waals surface area (Å²) in [5.74, 6) is -1.72. The number of rotatable bonds is 4. The van der Waals surface area contributed by atoms with Crippen LogP contribution in [0.5, 0.6) is 0 Å². The van der Waals surface area contributed by atoms with E-state index >= 15 is 0 Å². The highest BCUT2D eigenvalue weighted by Crippen LogP contribution is 2.39. The van der Waals surface area contributed by atoms with E-state index in [4.69, 9.17) is 27.9 Å². The van der Waals surface area contributed by atoms with E-state index in [-0.39, 0.29) is 22.0 Å². The normalized spacial score (nSPS) is 18.4. The number of nitrogens with zero attached hydrogens (tertiary/aromatic N) is 1. The fourth-order valence-corrected chi connectivity index (χ4v) is 5.38. The van der Waals surface area contributed by atoms with Gasteiger partial charge >= 0.3 is 5.97 Å². The predicted octanol–water partition coefficient (Wildman–Crippen LogP) is 5.46. The Morgan fingerprint density at radius 3 is 2.38 bits per heavy atom. The SMILES string of the molecule is COC(=O)[C@@H]1Cc2c([nH]c3ccccc23)/C(C)=C\C(=O)N1[C@@H](C(=O)NC(C)(C)C)c1c(Cl)cccc1Cl. The lowest BCUT2D eigenvalue weighted by atomic mass is 9.92. The molecule has 0 unspecified atom stereocenters. The number of H-pyrrole nitrogens is 1. The van der Waals surface area contributed by atoms with Crippen LogP contribution in [0.15, 0.2) is 48.5 Å². The molecule has 4 rings (SSSR count). The molecule has 37 heavy (non-hydrogen) atoms. The van der Waals surface area contributed by atoms with Gasteiger partial charge in [-0.05, 0) is 57.0 Å². The van der Waals surface area contributed by atoms with E-state index in [9.17, 15) is 14.4 Å². The highest BCUT2D eigenvalue weighted by molar-refractivity contribution is 6.36. The number of methoxy groups -OCH3 is 1. The van der Waals surface area contributed by atoms with E-state index in [0.717, 1.165) is 22.2 Å². The van der Waals surface area contributed by atoms with Gasteiger partial charge in [0.1, 0.15) is 12.1 Å². The lowest BCUT2D eigenvalue weighted by molar-refractivity contribution is -0.155. The predicted molar refractivity (Wildman–Crippen MR) is 145 cm³/mol. The number of halogens is 2. The Balaban J connectivity index is 1.98. The van der Waals surface area contributed by atoms with Gasteiger partial charge in [0.05, 0.1) is 7.11 Å². The van der Waals surface area contributed by atoms with Gasteiger partial charge in [0.25, 0.3) is 0 Å². The quantitative estimate of drug-likeness (QED) is 0.429. The second-order valence-electron chi connectivity index (χ2n) is 10.1. The molecular weight excluding hydrogens is 513 g/mol. The van der Waals surface area contributed by atoms with Gasteiger partial charge in [-0.1, -0.05) is 47.5 Å². The second-order valence-corrected chi connectivity index (χ2v) is 10.9. The number of fused-ring (bicyclic) bond motifs is 3. The number of benzene rings is 2. The molecule has 0 spiro atoms. The minimum atomic E-state index is -1.30. The summed E-state index contributed by atoms with van der Waals surface area (Å²) in [4.78, 5) is 45.7. The van der Waals surface area contributed by atoms with Crippen LogP contribution in [0.3, 0.4) is 0 Å². The number of hydrogen-bond donors (Lipinski definition) is 2. The van der Waals surface area contributed by atoms with Crippen molar-refractivity contribution >= 4 is 57.5 Å². The fourth-order valence-electron chi connectivity index (χ4n) is 4.77. The van der Waals surface area contributed by atoms with Crippen LogP contribution in [0.1, 0.15) is 50.6 Å². The maximum Gasteiger partial charge on any atom is 0.328 e. The maximum atomic E-state index is 13.9. The number of allylic oxidation sites excluding steroid dienone is 1. The van der Waals surface area contributed by atoms with Gasteiger partial charge in [-0.3, -0.25) is 9.59 Å². The first-order valence-corrected chi connectivity index (χ1v) is 12.6. The number of nitrogens with one attached hydrogen (secondary N) is 2. The summed E-state index contributed by atoms with van der Waals surface area (Å²) in [6.45, 7) is 7.29. The summed E-state index contributed by atoms with van der Waals surface area (Å²) in [6, 6.07) is 10.1. The van der Waals surface area contributed by atoms with Crippen LogP contribution in [0, 0.1) is 0 Å². The molecular formula is C28H29Cl2N3O4. The number of ether oxygens (including phenoxy) is 1. The average molecular weight is 542 g/mol. The largest absolute Gasteiger partial charge is 0.467 e. The molecule has 1 aliphatic rings. The molecule has 7 nitrogen and oxygen atoms in total. The number of amides is 2. The highest BCUT2D eigenvalue weighted by Gasteiger charge is 2.43. The number of para-hydroxylation sites is 1. The monoisotopic (exact) mass is 541 g/mol.